The van der Waals surface area contributed by atoms with Crippen LogP contribution in [0, 0.1) is 10.8 Å². The molecule has 0 aromatic rings. The van der Waals surface area contributed by atoms with Crippen molar-refractivity contribution in [1.29, 1.82) is 10.8 Å². The summed E-state index contributed by atoms with van der Waals surface area (Å²) in [4.78, 5) is 0. The number of nitrogens with one attached hydrogen (secondary N) is 2. The molecule has 0 amide bonds. The third kappa shape index (κ3) is 13.4. The van der Waals surface area contributed by atoms with Gasteiger partial charge in [0, 0.05) is 0 Å². The summed E-state index contributed by atoms with van der Waals surface area (Å²) in [6.07, 6.45) is 0. The summed E-state index contributed by atoms with van der Waals surface area (Å²) in [6, 6.07) is 1.25. The molecule has 0 bridgehead atoms. The SMILES string of the molecule is N=C=N.[SrH2]. The van der Waals surface area contributed by atoms with Gasteiger partial charge in [-0.2, -0.15) is 0 Å². The average Bonchev–Trinajstić information content (AvgIpc) is 0.918. The Kier molecular flexibility index (Phi) is 20.2. The summed E-state index contributed by atoms with van der Waals surface area (Å²) in [5.41, 5.74) is 0. The molecule has 0 saturated heterocycles. The maximum atomic E-state index is 5.62. The number of rotatable bonds is 0. The second kappa shape index (κ2) is 9.13. The first-order valence-corrected chi connectivity index (χ1v) is 0.500. The van der Waals surface area contributed by atoms with Crippen molar-refractivity contribution in [3.63, 3.8) is 0 Å². The van der Waals surface area contributed by atoms with Gasteiger partial charge in [-0.3, -0.25) is 0 Å². The molecule has 2 N–H and O–H groups in total. The first-order valence-electron chi connectivity index (χ1n) is 0.500. The van der Waals surface area contributed by atoms with E-state index in [2.05, 4.69) is 0 Å². The van der Waals surface area contributed by atoms with Crippen molar-refractivity contribution >= 4 is 51.5 Å². The number of hydrogen-bond acceptors (Lipinski definition) is 2. The number of hydrogen-bond donors (Lipinski definition) is 2. The molecule has 0 aromatic heterocycles. The van der Waals surface area contributed by atoms with E-state index in [0.717, 1.165) is 0 Å². The van der Waals surface area contributed by atoms with Gasteiger partial charge in [0.1, 0.15) is 0 Å². The van der Waals surface area contributed by atoms with Gasteiger partial charge in [0.15, 0.2) is 0 Å². The van der Waals surface area contributed by atoms with Crippen LogP contribution in [-0.4, -0.2) is 51.5 Å². The summed E-state index contributed by atoms with van der Waals surface area (Å²) in [5, 5.41) is 11.2. The van der Waals surface area contributed by atoms with E-state index in [9.17, 15) is 0 Å². The van der Waals surface area contributed by atoms with E-state index < -0.39 is 0 Å². The maximum absolute atomic E-state index is 5.62. The molecular formula is CH4N2Sr. The van der Waals surface area contributed by atoms with Crippen LogP contribution in [0.15, 0.2) is 0 Å². The van der Waals surface area contributed by atoms with E-state index >= 15 is 0 Å². The first-order chi connectivity index (χ1) is 1.41. The van der Waals surface area contributed by atoms with E-state index in [-0.39, 0.29) is 45.5 Å². The third-order valence-electron chi connectivity index (χ3n) is 0. The van der Waals surface area contributed by atoms with Crippen molar-refractivity contribution in [2.75, 3.05) is 0 Å². The molecule has 0 radical (unpaired) electrons. The normalized spacial score (nSPS) is 2.00. The zero-order valence-corrected chi connectivity index (χ0v) is 1.50. The fraction of sp³-hybridized carbons (Fsp3) is 0. The standard InChI is InChI=1S/CH2N2.Sr.2H/c2-1-3;;;/h2-3H;;;. The van der Waals surface area contributed by atoms with Gasteiger partial charge >= 0.3 is 45.5 Å². The monoisotopic (exact) mass is 132 g/mol. The van der Waals surface area contributed by atoms with Crippen molar-refractivity contribution < 1.29 is 0 Å². The van der Waals surface area contributed by atoms with E-state index in [4.69, 9.17) is 10.8 Å². The molecule has 0 aliphatic rings. The van der Waals surface area contributed by atoms with E-state index in [1.807, 2.05) is 0 Å². The second-order valence-electron chi connectivity index (χ2n) is 0.125. The molecule has 2 nitrogen and oxygen atoms in total. The van der Waals surface area contributed by atoms with Crippen LogP contribution in [-0.2, 0) is 0 Å². The Labute approximate surface area is 61.5 Å². The molecule has 0 atom stereocenters. The Balaban J connectivity index is 0. The zero-order valence-electron chi connectivity index (χ0n) is 1.50. The summed E-state index contributed by atoms with van der Waals surface area (Å²) < 4.78 is 0. The molecule has 20 valence electrons. The molecule has 0 spiro atoms. The van der Waals surface area contributed by atoms with Crippen LogP contribution in [0.5, 0.6) is 0 Å². The minimum atomic E-state index is 0. The Morgan fingerprint density at radius 2 is 1.25 bits per heavy atom. The van der Waals surface area contributed by atoms with Gasteiger partial charge in [-0.25, -0.2) is 10.8 Å². The van der Waals surface area contributed by atoms with Crippen LogP contribution in [0.2, 0.25) is 0 Å². The van der Waals surface area contributed by atoms with Crippen LogP contribution in [0.25, 0.3) is 0 Å². The van der Waals surface area contributed by atoms with E-state index in [1.54, 1.807) is 0 Å². The molecule has 0 aromatic carbocycles. The van der Waals surface area contributed by atoms with Crippen LogP contribution in [0.1, 0.15) is 0 Å². The predicted molar refractivity (Wildman–Crippen MR) is 19.0 cm³/mol. The quantitative estimate of drug-likeness (QED) is 0.326. The second-order valence-corrected chi connectivity index (χ2v) is 0.125. The van der Waals surface area contributed by atoms with E-state index in [1.165, 1.54) is 6.01 Å². The Morgan fingerprint density at radius 1 is 1.25 bits per heavy atom. The van der Waals surface area contributed by atoms with Gasteiger partial charge in [0.25, 0.3) is 0 Å². The van der Waals surface area contributed by atoms with Gasteiger partial charge in [0.05, 0.1) is 6.01 Å². The van der Waals surface area contributed by atoms with E-state index in [0.29, 0.717) is 0 Å². The minimum absolute atomic E-state index is 0. The van der Waals surface area contributed by atoms with Crippen LogP contribution in [0.3, 0.4) is 0 Å². The fourth-order valence-electron chi connectivity index (χ4n) is 0. The summed E-state index contributed by atoms with van der Waals surface area (Å²) in [5.74, 6) is 0. The summed E-state index contributed by atoms with van der Waals surface area (Å²) in [7, 11) is 0. The fourth-order valence-corrected chi connectivity index (χ4v) is 0. The van der Waals surface area contributed by atoms with Crippen molar-refractivity contribution in [2.45, 2.75) is 0 Å². The molecule has 3 heteroatoms. The molecule has 0 unspecified atom stereocenters. The molecule has 0 saturated carbocycles. The average molecular weight is 132 g/mol. The first kappa shape index (κ1) is 8.85. The molecule has 0 rings (SSSR count). The summed E-state index contributed by atoms with van der Waals surface area (Å²) in [6.45, 7) is 0. The van der Waals surface area contributed by atoms with Gasteiger partial charge in [-0.15, -0.1) is 0 Å². The van der Waals surface area contributed by atoms with Gasteiger partial charge in [-0.1, -0.05) is 0 Å². The van der Waals surface area contributed by atoms with Gasteiger partial charge in [-0.05, 0) is 0 Å². The zero-order chi connectivity index (χ0) is 2.71. The third-order valence-corrected chi connectivity index (χ3v) is 0. The Morgan fingerprint density at radius 3 is 1.25 bits per heavy atom. The van der Waals surface area contributed by atoms with Gasteiger partial charge < -0.3 is 0 Å². The van der Waals surface area contributed by atoms with Crippen molar-refractivity contribution in [3.8, 4) is 0 Å². The molecular weight excluding hydrogens is 128 g/mol. The molecule has 0 heterocycles. The molecule has 0 aliphatic heterocycles. The van der Waals surface area contributed by atoms with Crippen LogP contribution < -0.4 is 0 Å². The van der Waals surface area contributed by atoms with Crippen molar-refractivity contribution in [3.05, 3.63) is 0 Å². The topological polar surface area (TPSA) is 47.7 Å². The molecule has 0 fully saturated rings. The molecule has 0 aliphatic carbocycles. The Bertz CT molecular complexity index is 27.0. The van der Waals surface area contributed by atoms with Crippen LogP contribution in [0.4, 0.5) is 0 Å². The van der Waals surface area contributed by atoms with Crippen LogP contribution >= 0.6 is 0 Å². The van der Waals surface area contributed by atoms with Crippen molar-refractivity contribution in [2.24, 2.45) is 0 Å². The molecule has 4 heavy (non-hydrogen) atoms. The van der Waals surface area contributed by atoms with Crippen molar-refractivity contribution in [1.82, 2.24) is 0 Å². The summed E-state index contributed by atoms with van der Waals surface area (Å²) >= 11 is 0. The predicted octanol–water partition coefficient (Wildman–Crippen LogP) is -0.598. The Hall–Kier alpha value is 0.861. The van der Waals surface area contributed by atoms with Gasteiger partial charge in [0.2, 0.25) is 0 Å².